The summed E-state index contributed by atoms with van der Waals surface area (Å²) < 4.78 is 91.9. The molecular weight excluding hydrogens is 624 g/mol. The SMILES string of the molecule is O=C(NCc1cccc(Cl)c1)c1[nH]c(C[NH+]2CCC(F)(F)CC2)[n+]2ccccc12.O=C([O-])C(F)(F)F.O=C([O-])C(F)(F)F. The number of aromatic nitrogens is 2. The Bertz CT molecular complexity index is 1390. The number of hydrogen-bond donors (Lipinski definition) is 3. The molecule has 2 aromatic heterocycles. The van der Waals surface area contributed by atoms with Crippen LogP contribution in [0, 0.1) is 0 Å². The fraction of sp³-hybridized carbons (Fsp3) is 0.360. The maximum absolute atomic E-state index is 13.4. The fourth-order valence-electron chi connectivity index (χ4n) is 3.75. The van der Waals surface area contributed by atoms with E-state index in [-0.39, 0.29) is 18.7 Å². The van der Waals surface area contributed by atoms with Gasteiger partial charge in [0.25, 0.3) is 11.8 Å². The molecule has 0 saturated carbocycles. The number of H-pyrrole nitrogens is 1. The van der Waals surface area contributed by atoms with Crippen molar-refractivity contribution in [1.29, 1.82) is 0 Å². The molecule has 1 aliphatic heterocycles. The number of benzene rings is 1. The van der Waals surface area contributed by atoms with Crippen molar-refractivity contribution in [3.05, 3.63) is 70.8 Å². The second-order valence-corrected chi connectivity index (χ2v) is 9.50. The molecule has 0 aliphatic carbocycles. The van der Waals surface area contributed by atoms with E-state index < -0.39 is 30.2 Å². The molecule has 1 aromatic carbocycles. The van der Waals surface area contributed by atoms with E-state index in [1.165, 1.54) is 0 Å². The van der Waals surface area contributed by atoms with Gasteiger partial charge in [0.2, 0.25) is 5.69 Å². The summed E-state index contributed by atoms with van der Waals surface area (Å²) in [6.45, 7) is 1.75. The van der Waals surface area contributed by atoms with Gasteiger partial charge in [-0.15, -0.1) is 0 Å². The van der Waals surface area contributed by atoms with E-state index in [2.05, 4.69) is 10.3 Å². The van der Waals surface area contributed by atoms with Gasteiger partial charge in [-0.3, -0.25) is 4.79 Å². The number of imidazole rings is 1. The lowest BCUT2D eigenvalue weighted by Gasteiger charge is -2.27. The van der Waals surface area contributed by atoms with Crippen LogP contribution in [0.4, 0.5) is 35.1 Å². The third-order valence-electron chi connectivity index (χ3n) is 5.81. The molecule has 0 radical (unpaired) electrons. The molecule has 4 rings (SSSR count). The van der Waals surface area contributed by atoms with Gasteiger partial charge in [-0.05, 0) is 29.8 Å². The Hall–Kier alpha value is -3.99. The number of carboxylic acids is 2. The molecule has 0 bridgehead atoms. The van der Waals surface area contributed by atoms with Gasteiger partial charge in [0.1, 0.15) is 11.9 Å². The summed E-state index contributed by atoms with van der Waals surface area (Å²) in [5.74, 6) is -7.96. The average molecular weight is 647 g/mol. The number of pyridine rings is 1. The number of piperidine rings is 1. The van der Waals surface area contributed by atoms with E-state index in [0.29, 0.717) is 36.9 Å². The standard InChI is InChI=1S/C21H21ClF2N4O.2C2HF3O2/c22-16-5-3-4-15(12-16)13-25-20(29)19-17-6-1-2-9-28(17)18(26-19)14-27-10-7-21(23,24)8-11-27;2*3-2(4,5)1(6)7/h1-6,9,12H,7-8,10-11,13-14H2,(H,25,29);2*(H,6,7). The van der Waals surface area contributed by atoms with Gasteiger partial charge in [0.15, 0.2) is 12.1 Å². The van der Waals surface area contributed by atoms with Crippen molar-refractivity contribution >= 4 is 35.0 Å². The molecule has 3 aromatic rings. The number of hydrogen-bond acceptors (Lipinski definition) is 5. The highest BCUT2D eigenvalue weighted by Gasteiger charge is 2.38. The number of quaternary nitrogens is 1. The lowest BCUT2D eigenvalue weighted by molar-refractivity contribution is -0.927. The average Bonchev–Trinajstić information content (AvgIpc) is 3.27. The van der Waals surface area contributed by atoms with Gasteiger partial charge in [-0.2, -0.15) is 30.7 Å². The number of aromatic amines is 1. The molecule has 1 saturated heterocycles. The van der Waals surface area contributed by atoms with Crippen LogP contribution in [0.25, 0.3) is 5.52 Å². The Labute approximate surface area is 242 Å². The number of halogens is 9. The molecule has 1 fully saturated rings. The van der Waals surface area contributed by atoms with Crippen molar-refractivity contribution in [2.24, 2.45) is 0 Å². The molecule has 3 N–H and O–H groups in total. The number of alkyl halides is 8. The first-order valence-corrected chi connectivity index (χ1v) is 12.5. The van der Waals surface area contributed by atoms with E-state index in [4.69, 9.17) is 31.4 Å². The molecule has 1 amide bonds. The summed E-state index contributed by atoms with van der Waals surface area (Å²) in [5.41, 5.74) is 2.13. The fourth-order valence-corrected chi connectivity index (χ4v) is 3.97. The van der Waals surface area contributed by atoms with E-state index in [1.807, 2.05) is 47.0 Å². The third-order valence-corrected chi connectivity index (χ3v) is 6.05. The zero-order valence-electron chi connectivity index (χ0n) is 21.8. The van der Waals surface area contributed by atoms with E-state index in [0.717, 1.165) is 21.8 Å². The number of nitrogens with one attached hydrogen (secondary N) is 3. The summed E-state index contributed by atoms with van der Waals surface area (Å²) in [5, 5.41) is 21.1. The molecule has 0 unspecified atom stereocenters. The van der Waals surface area contributed by atoms with Crippen LogP contribution >= 0.6 is 11.6 Å². The van der Waals surface area contributed by atoms with Crippen LogP contribution in [-0.2, 0) is 22.7 Å². The van der Waals surface area contributed by atoms with Gasteiger partial charge >= 0.3 is 18.2 Å². The Kier molecular flexibility index (Phi) is 11.8. The Morgan fingerprint density at radius 3 is 2.02 bits per heavy atom. The lowest BCUT2D eigenvalue weighted by atomic mass is 10.1. The predicted octanol–water partition coefficient (Wildman–Crippen LogP) is 0.748. The van der Waals surface area contributed by atoms with Crippen molar-refractivity contribution in [2.45, 2.75) is 44.2 Å². The van der Waals surface area contributed by atoms with Gasteiger partial charge in [0, 0.05) is 11.6 Å². The lowest BCUT2D eigenvalue weighted by Crippen LogP contribution is -3.12. The summed E-state index contributed by atoms with van der Waals surface area (Å²) in [6.07, 6.45) is -8.70. The van der Waals surface area contributed by atoms with Crippen molar-refractivity contribution in [3.8, 4) is 0 Å². The topological polar surface area (TPSA) is 134 Å². The number of carboxylic acid groups (broad SMARTS) is 2. The van der Waals surface area contributed by atoms with Crippen molar-refractivity contribution in [2.75, 3.05) is 13.1 Å². The summed E-state index contributed by atoms with van der Waals surface area (Å²) >= 11 is 6.00. The first kappa shape index (κ1) is 35.2. The summed E-state index contributed by atoms with van der Waals surface area (Å²) in [4.78, 5) is 34.7. The number of amides is 1. The van der Waals surface area contributed by atoms with Crippen LogP contribution in [0.15, 0.2) is 48.7 Å². The maximum atomic E-state index is 13.4. The summed E-state index contributed by atoms with van der Waals surface area (Å²) in [6, 6.07) is 13.0. The number of likely N-dealkylation sites (tertiary alicyclic amines) is 1. The molecule has 43 heavy (non-hydrogen) atoms. The molecule has 1 aliphatic rings. The molecule has 0 atom stereocenters. The van der Waals surface area contributed by atoms with E-state index in [1.54, 1.807) is 6.07 Å². The van der Waals surface area contributed by atoms with Gasteiger partial charge < -0.3 is 30.0 Å². The Morgan fingerprint density at radius 1 is 0.953 bits per heavy atom. The van der Waals surface area contributed by atoms with E-state index in [9.17, 15) is 39.9 Å². The van der Waals surface area contributed by atoms with E-state index >= 15 is 0 Å². The number of rotatable bonds is 5. The first-order valence-electron chi connectivity index (χ1n) is 12.1. The largest absolute Gasteiger partial charge is 0.542 e. The summed E-state index contributed by atoms with van der Waals surface area (Å²) in [7, 11) is 0. The second kappa shape index (κ2) is 14.5. The van der Waals surface area contributed by atoms with Gasteiger partial charge in [-0.1, -0.05) is 29.8 Å². The number of nitrogens with zero attached hydrogens (tertiary/aromatic N) is 1. The molecule has 3 heterocycles. The second-order valence-electron chi connectivity index (χ2n) is 9.07. The van der Waals surface area contributed by atoms with Gasteiger partial charge in [-0.25, -0.2) is 13.8 Å². The number of aliphatic carboxylic acids is 2. The Balaban J connectivity index is 0.000000384. The molecule has 0 spiro atoms. The highest BCUT2D eigenvalue weighted by Crippen LogP contribution is 2.22. The number of carbonyl (C=O) groups excluding carboxylic acids is 3. The number of fused-ring (bicyclic) bond motifs is 1. The monoisotopic (exact) mass is 646 g/mol. The van der Waals surface area contributed by atoms with Crippen LogP contribution in [0.3, 0.4) is 0 Å². The predicted molar refractivity (Wildman–Crippen MR) is 127 cm³/mol. The zero-order valence-corrected chi connectivity index (χ0v) is 22.5. The number of carbonyl (C=O) groups is 3. The van der Waals surface area contributed by atoms with Crippen molar-refractivity contribution < 1.29 is 69.0 Å². The highest BCUT2D eigenvalue weighted by atomic mass is 35.5. The minimum absolute atomic E-state index is 0.0986. The van der Waals surface area contributed by atoms with Gasteiger partial charge in [0.05, 0.1) is 32.1 Å². The normalized spacial score (nSPS) is 15.0. The van der Waals surface area contributed by atoms with Crippen LogP contribution < -0.4 is 24.8 Å². The zero-order chi connectivity index (χ0) is 32.6. The van der Waals surface area contributed by atoms with Crippen LogP contribution in [0.1, 0.15) is 34.7 Å². The quantitative estimate of drug-likeness (QED) is 0.278. The molecule has 18 heteroatoms. The Morgan fingerprint density at radius 2 is 1.51 bits per heavy atom. The molecular formula is C25H23ClF8N4O5. The van der Waals surface area contributed by atoms with Crippen LogP contribution in [0.2, 0.25) is 5.02 Å². The van der Waals surface area contributed by atoms with Crippen molar-refractivity contribution in [3.63, 3.8) is 0 Å². The minimum atomic E-state index is -5.19. The van der Waals surface area contributed by atoms with Crippen LogP contribution in [-0.4, -0.2) is 54.2 Å². The smallest absolute Gasteiger partial charge is 0.430 e. The minimum Gasteiger partial charge on any atom is -0.542 e. The van der Waals surface area contributed by atoms with Crippen LogP contribution in [0.5, 0.6) is 0 Å². The maximum Gasteiger partial charge on any atom is 0.430 e. The molecule has 236 valence electrons. The first-order chi connectivity index (χ1) is 19.8. The molecule has 9 nitrogen and oxygen atoms in total. The highest BCUT2D eigenvalue weighted by molar-refractivity contribution is 6.30. The van der Waals surface area contributed by atoms with Crippen molar-refractivity contribution in [1.82, 2.24) is 10.3 Å². The third kappa shape index (κ3) is 11.3.